The van der Waals surface area contributed by atoms with Crippen LogP contribution in [0.25, 0.3) is 0 Å². The largest absolute Gasteiger partial charge is 0.335 e. The highest BCUT2D eigenvalue weighted by molar-refractivity contribution is 7.89. The van der Waals surface area contributed by atoms with Crippen molar-refractivity contribution in [1.82, 2.24) is 14.5 Å². The Hall–Kier alpha value is -2.78. The van der Waals surface area contributed by atoms with Gasteiger partial charge in [-0.25, -0.2) is 17.5 Å². The van der Waals surface area contributed by atoms with Crippen LogP contribution in [0.3, 0.4) is 0 Å². The van der Waals surface area contributed by atoms with Gasteiger partial charge in [-0.1, -0.05) is 12.1 Å². The predicted octanol–water partition coefficient (Wildman–Crippen LogP) is 1.86. The molecule has 4 rings (SSSR count). The van der Waals surface area contributed by atoms with Gasteiger partial charge in [-0.3, -0.25) is 9.59 Å². The number of halogens is 1. The fraction of sp³-hybridized carbons (Fsp3) is 0.333. The van der Waals surface area contributed by atoms with Gasteiger partial charge in [0.05, 0.1) is 4.90 Å². The Labute approximate surface area is 174 Å². The van der Waals surface area contributed by atoms with Crippen molar-refractivity contribution < 1.29 is 22.4 Å². The van der Waals surface area contributed by atoms with E-state index in [1.807, 2.05) is 0 Å². The molecule has 2 aliphatic rings. The van der Waals surface area contributed by atoms with Crippen molar-refractivity contribution in [3.05, 3.63) is 65.5 Å². The molecule has 0 atom stereocenters. The summed E-state index contributed by atoms with van der Waals surface area (Å²) in [6.07, 6.45) is 1.66. The van der Waals surface area contributed by atoms with Gasteiger partial charge in [0.25, 0.3) is 11.8 Å². The predicted molar refractivity (Wildman–Crippen MR) is 108 cm³/mol. The van der Waals surface area contributed by atoms with Gasteiger partial charge >= 0.3 is 0 Å². The number of carbonyl (C=O) groups is 2. The molecule has 2 aromatic rings. The first-order chi connectivity index (χ1) is 14.3. The zero-order valence-corrected chi connectivity index (χ0v) is 17.1. The molecule has 0 bridgehead atoms. The molecular weight excluding hydrogens is 409 g/mol. The summed E-state index contributed by atoms with van der Waals surface area (Å²) < 4.78 is 40.8. The van der Waals surface area contributed by atoms with Gasteiger partial charge < -0.3 is 9.80 Å². The van der Waals surface area contributed by atoms with Gasteiger partial charge in [0.2, 0.25) is 10.0 Å². The number of rotatable bonds is 5. The van der Waals surface area contributed by atoms with Gasteiger partial charge in [0.15, 0.2) is 0 Å². The Kier molecular flexibility index (Phi) is 5.57. The fourth-order valence-electron chi connectivity index (χ4n) is 3.38. The number of hydrogen-bond acceptors (Lipinski definition) is 4. The van der Waals surface area contributed by atoms with Crippen molar-refractivity contribution >= 4 is 21.8 Å². The first kappa shape index (κ1) is 20.5. The maximum Gasteiger partial charge on any atom is 0.254 e. The Morgan fingerprint density at radius 1 is 0.867 bits per heavy atom. The van der Waals surface area contributed by atoms with Gasteiger partial charge in [-0.05, 0) is 49.2 Å². The number of nitrogens with one attached hydrogen (secondary N) is 1. The molecule has 1 heterocycles. The summed E-state index contributed by atoms with van der Waals surface area (Å²) in [6, 6.07) is 11.5. The average Bonchev–Trinajstić information content (AvgIpc) is 3.56. The van der Waals surface area contributed by atoms with E-state index in [4.69, 9.17) is 0 Å². The minimum absolute atomic E-state index is 0.0157. The van der Waals surface area contributed by atoms with Gasteiger partial charge in [-0.2, -0.15) is 0 Å². The summed E-state index contributed by atoms with van der Waals surface area (Å²) in [5, 5.41) is 0. The quantitative estimate of drug-likeness (QED) is 0.783. The summed E-state index contributed by atoms with van der Waals surface area (Å²) in [5.41, 5.74) is 0.564. The van der Waals surface area contributed by atoms with E-state index in [-0.39, 0.29) is 28.3 Å². The Balaban J connectivity index is 1.41. The van der Waals surface area contributed by atoms with Crippen molar-refractivity contribution in [3.63, 3.8) is 0 Å². The number of amides is 2. The van der Waals surface area contributed by atoms with Gasteiger partial charge in [-0.15, -0.1) is 0 Å². The van der Waals surface area contributed by atoms with Crippen LogP contribution in [0.4, 0.5) is 4.39 Å². The molecule has 0 unspecified atom stereocenters. The lowest BCUT2D eigenvalue weighted by atomic mass is 10.1. The van der Waals surface area contributed by atoms with E-state index in [2.05, 4.69) is 4.72 Å². The smallest absolute Gasteiger partial charge is 0.254 e. The van der Waals surface area contributed by atoms with Crippen LogP contribution in [0.15, 0.2) is 53.4 Å². The molecule has 2 amide bonds. The van der Waals surface area contributed by atoms with Crippen LogP contribution in [0.1, 0.15) is 33.6 Å². The first-order valence-corrected chi connectivity index (χ1v) is 11.3. The molecule has 7 nitrogen and oxygen atoms in total. The SMILES string of the molecule is O=C(c1cccc(F)c1)N1CCN(C(=O)c2cccc(S(=O)(=O)NC3CC3)c2)CC1. The molecule has 0 aromatic heterocycles. The van der Waals surface area contributed by atoms with E-state index >= 15 is 0 Å². The van der Waals surface area contributed by atoms with Gasteiger partial charge in [0.1, 0.15) is 5.82 Å². The van der Waals surface area contributed by atoms with Gasteiger partial charge in [0, 0.05) is 43.3 Å². The van der Waals surface area contributed by atoms with Crippen LogP contribution >= 0.6 is 0 Å². The molecule has 2 fully saturated rings. The Morgan fingerprint density at radius 3 is 1.93 bits per heavy atom. The molecule has 1 aliphatic heterocycles. The van der Waals surface area contributed by atoms with Crippen LogP contribution in [-0.2, 0) is 10.0 Å². The molecule has 2 aromatic carbocycles. The average molecular weight is 431 g/mol. The minimum Gasteiger partial charge on any atom is -0.335 e. The van der Waals surface area contributed by atoms with Crippen molar-refractivity contribution in [2.24, 2.45) is 0 Å². The summed E-state index contributed by atoms with van der Waals surface area (Å²) in [4.78, 5) is 28.6. The number of nitrogens with zero attached hydrogens (tertiary/aromatic N) is 2. The second-order valence-electron chi connectivity index (χ2n) is 7.52. The third-order valence-corrected chi connectivity index (χ3v) is 6.73. The molecule has 0 spiro atoms. The maximum atomic E-state index is 13.4. The Morgan fingerprint density at radius 2 is 1.40 bits per heavy atom. The number of sulfonamides is 1. The molecule has 30 heavy (non-hydrogen) atoms. The monoisotopic (exact) mass is 431 g/mol. The normalized spacial score (nSPS) is 17.1. The summed E-state index contributed by atoms with van der Waals surface area (Å²) in [7, 11) is -3.64. The van der Waals surface area contributed by atoms with E-state index in [1.54, 1.807) is 28.0 Å². The van der Waals surface area contributed by atoms with E-state index in [0.717, 1.165) is 12.8 Å². The fourth-order valence-corrected chi connectivity index (χ4v) is 4.73. The highest BCUT2D eigenvalue weighted by Gasteiger charge is 2.29. The molecule has 1 aliphatic carbocycles. The Bertz CT molecular complexity index is 1080. The maximum absolute atomic E-state index is 13.4. The highest BCUT2D eigenvalue weighted by Crippen LogP contribution is 2.23. The van der Waals surface area contributed by atoms with Crippen molar-refractivity contribution in [3.8, 4) is 0 Å². The lowest BCUT2D eigenvalue weighted by molar-refractivity contribution is 0.0535. The number of benzene rings is 2. The molecular formula is C21H22FN3O4S. The zero-order valence-electron chi connectivity index (χ0n) is 16.3. The lowest BCUT2D eigenvalue weighted by Crippen LogP contribution is -2.50. The number of hydrogen-bond donors (Lipinski definition) is 1. The van der Waals surface area contributed by atoms with Crippen LogP contribution < -0.4 is 4.72 Å². The van der Waals surface area contributed by atoms with E-state index < -0.39 is 15.8 Å². The zero-order chi connectivity index (χ0) is 21.3. The molecule has 0 radical (unpaired) electrons. The summed E-state index contributed by atoms with van der Waals surface area (Å²) >= 11 is 0. The van der Waals surface area contributed by atoms with Crippen LogP contribution in [0.2, 0.25) is 0 Å². The summed E-state index contributed by atoms with van der Waals surface area (Å²) in [6.45, 7) is 1.28. The topological polar surface area (TPSA) is 86.8 Å². The summed E-state index contributed by atoms with van der Waals surface area (Å²) in [5.74, 6) is -1.03. The minimum atomic E-state index is -3.64. The number of carbonyl (C=O) groups excluding carboxylic acids is 2. The first-order valence-electron chi connectivity index (χ1n) is 9.80. The second-order valence-corrected chi connectivity index (χ2v) is 9.23. The molecule has 1 saturated heterocycles. The molecule has 158 valence electrons. The molecule has 1 saturated carbocycles. The van der Waals surface area contributed by atoms with Crippen molar-refractivity contribution in [2.45, 2.75) is 23.8 Å². The van der Waals surface area contributed by atoms with E-state index in [0.29, 0.717) is 31.7 Å². The van der Waals surface area contributed by atoms with Crippen LogP contribution in [-0.4, -0.2) is 62.3 Å². The van der Waals surface area contributed by atoms with Crippen molar-refractivity contribution in [1.29, 1.82) is 0 Å². The third kappa shape index (κ3) is 4.52. The third-order valence-electron chi connectivity index (χ3n) is 5.22. The van der Waals surface area contributed by atoms with Crippen LogP contribution in [0.5, 0.6) is 0 Å². The van der Waals surface area contributed by atoms with Crippen LogP contribution in [0, 0.1) is 5.82 Å². The highest BCUT2D eigenvalue weighted by atomic mass is 32.2. The number of piperazine rings is 1. The molecule has 1 N–H and O–H groups in total. The molecule has 9 heteroatoms. The van der Waals surface area contributed by atoms with E-state index in [1.165, 1.54) is 30.3 Å². The lowest BCUT2D eigenvalue weighted by Gasteiger charge is -2.35. The second kappa shape index (κ2) is 8.16. The standard InChI is InChI=1S/C21H22FN3O4S/c22-17-5-1-3-15(13-17)20(26)24-9-11-25(12-10-24)21(27)16-4-2-6-19(14-16)30(28,29)23-18-7-8-18/h1-6,13-14,18,23H,7-12H2. The van der Waals surface area contributed by atoms with E-state index in [9.17, 15) is 22.4 Å². The van der Waals surface area contributed by atoms with Crippen molar-refractivity contribution in [2.75, 3.05) is 26.2 Å².